The minimum absolute atomic E-state index is 0.0214. The molecule has 48 nitrogen and oxygen atoms in total. The van der Waals surface area contributed by atoms with Gasteiger partial charge >= 0.3 is 17.9 Å². The predicted octanol–water partition coefficient (Wildman–Crippen LogP) is -0.871. The number of aromatic nitrogens is 3. The maximum Gasteiger partial charge on any atom is 0.317 e. The molecule has 50 heteroatoms. The molecule has 15 amide bonds. The smallest absolute Gasteiger partial charge is 0.317 e. The van der Waals surface area contributed by atoms with Crippen LogP contribution in [0.5, 0.6) is 0 Å². The number of thiol groups is 2. The number of likely N-dealkylation sites (tertiary alicyclic amines) is 2. The van der Waals surface area contributed by atoms with E-state index in [-0.39, 0.29) is 205 Å². The lowest BCUT2D eigenvalue weighted by Crippen LogP contribution is -2.61. The van der Waals surface area contributed by atoms with Gasteiger partial charge in [-0.15, -0.1) is 0 Å². The van der Waals surface area contributed by atoms with E-state index >= 15 is 24.0 Å². The highest BCUT2D eigenvalue weighted by Gasteiger charge is 2.46. The van der Waals surface area contributed by atoms with E-state index in [0.29, 0.717) is 40.7 Å². The van der Waals surface area contributed by atoms with Crippen LogP contribution in [0.1, 0.15) is 210 Å². The Bertz CT molecular complexity index is 4860. The first-order valence-corrected chi connectivity index (χ1v) is 52.0. The number of aliphatic hydroxyl groups excluding tert-OH is 2. The Labute approximate surface area is 871 Å². The first-order chi connectivity index (χ1) is 71.1. The van der Waals surface area contributed by atoms with Crippen molar-refractivity contribution in [1.82, 2.24) is 98.8 Å². The Morgan fingerprint density at radius 1 is 0.473 bits per heavy atom. The summed E-state index contributed by atoms with van der Waals surface area (Å²) < 4.78 is 16.1. The van der Waals surface area contributed by atoms with Gasteiger partial charge < -0.3 is 140 Å². The van der Waals surface area contributed by atoms with E-state index in [1.54, 1.807) is 60.8 Å². The number of unbranched alkanes of at least 4 members (excludes halogenated alkanes) is 13. The van der Waals surface area contributed by atoms with Gasteiger partial charge in [-0.1, -0.05) is 113 Å². The molecule has 822 valence electrons. The van der Waals surface area contributed by atoms with Crippen LogP contribution in [0.15, 0.2) is 73.3 Å². The number of hydrogen-bond acceptors (Lipinski definition) is 28. The first-order valence-electron chi connectivity index (χ1n) is 50.8. The number of guanidine groups is 1. The van der Waals surface area contributed by atoms with Gasteiger partial charge in [0.1, 0.15) is 85.9 Å². The zero-order valence-corrected chi connectivity index (χ0v) is 85.9. The summed E-state index contributed by atoms with van der Waals surface area (Å²) in [6.45, 7) is -1.60. The second-order valence-electron chi connectivity index (χ2n) is 36.7. The molecule has 2 saturated heterocycles. The summed E-state index contributed by atoms with van der Waals surface area (Å²) >= 11 is 8.76. The van der Waals surface area contributed by atoms with Crippen molar-refractivity contribution >= 4 is 149 Å². The van der Waals surface area contributed by atoms with Crippen molar-refractivity contribution in [1.29, 1.82) is 5.41 Å². The van der Waals surface area contributed by atoms with Crippen molar-refractivity contribution in [3.8, 4) is 0 Å². The molecule has 0 radical (unpaired) electrons. The van der Waals surface area contributed by atoms with Crippen molar-refractivity contribution in [2.75, 3.05) is 110 Å². The fraction of sp³-hybridized carbons (Fsp3) is 0.633. The van der Waals surface area contributed by atoms with Crippen LogP contribution < -0.4 is 80.6 Å². The molecule has 25 N–H and O–H groups in total. The third-order valence-corrected chi connectivity index (χ3v) is 25.6. The highest BCUT2D eigenvalue weighted by atomic mass is 32.1. The molecule has 12 atom stereocenters. The Morgan fingerprint density at radius 3 is 1.54 bits per heavy atom. The fourth-order valence-corrected chi connectivity index (χ4v) is 17.7. The standard InChI is InChI=1S/C98H152N22O26S2/c1-63(123)108-73(39-50-147)90(136)115-76(53-66-55-102-61-107-66)93(139)113-74(51-64-27-13-12-14-28-64)91(137)111-71(33-23-41-105-98(100)101)89(135)114-75(52-65-54-106-68-30-18-17-29-67(65)68)92(138)117-78(60-148)96(142)120-45-25-36-80(120)97(143)119-44-24-35-79(119)95(141)116-77(58-121)94(140)112-72(34-26-46-146-62-122)88(134)110-70(32-20-22-43-118(56-84(128)129)57-85(130)131)87(133)109-69(86(99)132)31-19-21-40-103-82(125)59-145-49-48-144-47-42-104-81(124)37-15-10-8-6-4-2-3-5-7-9-11-16-38-83(126)127/h12-14,17-18,27-30,54-55,61,69-80,106,121-122,147-148H,2-11,15-16,19-26,31-53,56-60,62H2,1H3,(H2,99,132)(H,102,107)(H,103,125)(H,104,124)(H,108,123)(H,109,133)(H,110,134)(H,111,137)(H,112,140)(H,113,139)(H,114,135)(H,115,136)(H,116,141)(H,117,138)(H,126,127)(H,128,129)(H,130,131)(H4,100,101,105). The number of para-hydroxylation sites is 1. The maximum absolute atomic E-state index is 15.2. The Hall–Kier alpha value is -12.6. The van der Waals surface area contributed by atoms with Crippen molar-refractivity contribution in [2.45, 2.75) is 285 Å². The van der Waals surface area contributed by atoms with Crippen LogP contribution in [-0.4, -0.2) is 350 Å². The van der Waals surface area contributed by atoms with Crippen LogP contribution in [0.25, 0.3) is 10.9 Å². The average molecular weight is 2120 g/mol. The highest BCUT2D eigenvalue weighted by Crippen LogP contribution is 2.28. The SMILES string of the molecule is CC(=O)NC(CCS)C(=O)NC(Cc1cnc[nH]1)C(=O)NC(Cc1ccccc1)C(=O)NC(CCCNC(=N)N)C(=O)NC(Cc1c[nH]c2ccccc12)C(=O)NC(CS)C(=O)N1CCCC1C(=O)N1CCCC1C(=O)NC(CO)C(=O)NC(CCCOCO)C(=O)NC(CCCCN(CC(=O)O)CC(=O)O)C(=O)NC(CCCCNC(=O)COCCOCCNC(=O)CCCCCCCCCCCCCCC(=O)O)C(N)=O. The van der Waals surface area contributed by atoms with Gasteiger partial charge in [-0.2, -0.15) is 25.3 Å². The summed E-state index contributed by atoms with van der Waals surface area (Å²) in [5, 5.41) is 91.2. The van der Waals surface area contributed by atoms with E-state index in [1.807, 2.05) is 0 Å². The van der Waals surface area contributed by atoms with Crippen molar-refractivity contribution < 1.29 is 126 Å². The highest BCUT2D eigenvalue weighted by molar-refractivity contribution is 7.80. The molecule has 2 aliphatic heterocycles. The molecule has 0 saturated carbocycles. The van der Waals surface area contributed by atoms with Crippen LogP contribution >= 0.6 is 25.3 Å². The Morgan fingerprint density at radius 2 is 0.973 bits per heavy atom. The largest absolute Gasteiger partial charge is 0.481 e. The molecule has 2 fully saturated rings. The van der Waals surface area contributed by atoms with E-state index in [2.05, 4.69) is 109 Å². The Balaban J connectivity index is 1.09. The molecule has 6 rings (SSSR count). The number of benzene rings is 2. The van der Waals surface area contributed by atoms with E-state index in [9.17, 15) is 82.8 Å². The zero-order valence-electron chi connectivity index (χ0n) is 84.2. The maximum atomic E-state index is 15.2. The minimum Gasteiger partial charge on any atom is -0.481 e. The topological polar surface area (TPSA) is 723 Å². The van der Waals surface area contributed by atoms with E-state index in [0.717, 1.165) is 69.1 Å². The number of nitrogens with one attached hydrogen (secondary N) is 16. The molecule has 4 heterocycles. The van der Waals surface area contributed by atoms with Crippen molar-refractivity contribution in [3.63, 3.8) is 0 Å². The number of nitrogens with two attached hydrogens (primary N) is 2. The third kappa shape index (κ3) is 47.7. The summed E-state index contributed by atoms with van der Waals surface area (Å²) in [7, 11) is 0. The van der Waals surface area contributed by atoms with Gasteiger partial charge in [-0.25, -0.2) is 4.98 Å². The van der Waals surface area contributed by atoms with E-state index in [1.165, 1.54) is 42.1 Å². The number of ether oxygens (including phenoxy) is 3. The molecule has 0 aliphatic carbocycles. The number of carboxylic acids is 3. The molecular formula is C98H152N22O26S2. The molecule has 4 aromatic rings. The number of aliphatic hydroxyl groups is 2. The number of amides is 15. The van der Waals surface area contributed by atoms with Crippen LogP contribution in [0.2, 0.25) is 0 Å². The monoisotopic (exact) mass is 2120 g/mol. The molecule has 0 bridgehead atoms. The number of aromatic amines is 2. The quantitative estimate of drug-likeness (QED) is 0.00840. The fourth-order valence-electron chi connectivity index (χ4n) is 17.2. The Kier molecular flexibility index (Phi) is 58.9. The zero-order chi connectivity index (χ0) is 108. The molecule has 2 aliphatic rings. The molecular weight excluding hydrogens is 1970 g/mol. The second-order valence-corrected chi connectivity index (χ2v) is 37.5. The van der Waals surface area contributed by atoms with E-state index in [4.69, 9.17) is 36.2 Å². The number of imidazole rings is 1. The van der Waals surface area contributed by atoms with Gasteiger partial charge in [-0.05, 0) is 139 Å². The number of carbonyl (C=O) groups excluding carboxylic acids is 15. The molecule has 2 aromatic heterocycles. The molecule has 0 spiro atoms. The number of rotatable bonds is 78. The van der Waals surface area contributed by atoms with E-state index < -0.39 is 206 Å². The second kappa shape index (κ2) is 70.3. The number of H-pyrrole nitrogens is 2. The number of hydrogen-bond donors (Lipinski definition) is 25. The van der Waals surface area contributed by atoms with Gasteiger partial charge in [0, 0.05) is 113 Å². The number of carboxylic acid groups (broad SMARTS) is 3. The summed E-state index contributed by atoms with van der Waals surface area (Å²) in [4.78, 5) is 260. The predicted molar refractivity (Wildman–Crippen MR) is 548 cm³/mol. The number of carbonyl (C=O) groups is 18. The van der Waals surface area contributed by atoms with Crippen LogP contribution in [-0.2, 0) is 120 Å². The first kappa shape index (κ1) is 124. The summed E-state index contributed by atoms with van der Waals surface area (Å²) in [6.07, 6.45) is 17.6. The van der Waals surface area contributed by atoms with Crippen LogP contribution in [0.4, 0.5) is 0 Å². The van der Waals surface area contributed by atoms with Crippen molar-refractivity contribution in [3.05, 3.63) is 90.1 Å². The lowest BCUT2D eigenvalue weighted by atomic mass is 10.0. The van der Waals surface area contributed by atoms with Gasteiger partial charge in [-0.3, -0.25) is 96.6 Å². The summed E-state index contributed by atoms with van der Waals surface area (Å²) in [5.41, 5.74) is 13.6. The van der Waals surface area contributed by atoms with Gasteiger partial charge in [0.15, 0.2) is 5.96 Å². The van der Waals surface area contributed by atoms with Crippen LogP contribution in [0.3, 0.4) is 0 Å². The molecule has 2 aromatic carbocycles. The van der Waals surface area contributed by atoms with Gasteiger partial charge in [0.2, 0.25) is 88.6 Å². The van der Waals surface area contributed by atoms with Gasteiger partial charge in [0.05, 0.1) is 45.8 Å². The molecule has 148 heavy (non-hydrogen) atoms. The lowest BCUT2D eigenvalue weighted by molar-refractivity contribution is -0.148. The summed E-state index contributed by atoms with van der Waals surface area (Å²) in [5.74, 6) is -15.8. The summed E-state index contributed by atoms with van der Waals surface area (Å²) in [6, 6.07) is -1.73. The number of primary amides is 1. The third-order valence-electron chi connectivity index (χ3n) is 25.0. The van der Waals surface area contributed by atoms with Crippen molar-refractivity contribution in [2.24, 2.45) is 11.5 Å². The minimum atomic E-state index is -1.83. The average Bonchev–Trinajstić information content (AvgIpc) is 1.66. The lowest BCUT2D eigenvalue weighted by Gasteiger charge is -2.33. The molecule has 12 unspecified atom stereocenters. The van der Waals surface area contributed by atoms with Crippen LogP contribution in [0, 0.1) is 5.41 Å². The normalized spacial score (nSPS) is 15.3. The number of aliphatic carboxylic acids is 3. The number of nitrogens with zero attached hydrogens (tertiary/aromatic N) is 4. The van der Waals surface area contributed by atoms with Gasteiger partial charge in [0.25, 0.3) is 0 Å². The number of fused-ring (bicyclic) bond motifs is 1.